The van der Waals surface area contributed by atoms with Gasteiger partial charge < -0.3 is 9.47 Å². The van der Waals surface area contributed by atoms with E-state index in [0.29, 0.717) is 34.4 Å². The number of morpholine rings is 1. The summed E-state index contributed by atoms with van der Waals surface area (Å²) in [7, 11) is 1.62. The zero-order valence-corrected chi connectivity index (χ0v) is 24.3. The summed E-state index contributed by atoms with van der Waals surface area (Å²) in [5.74, 6) is 0.636. The Morgan fingerprint density at radius 3 is 2.31 bits per heavy atom. The monoisotopic (exact) mass is 585 g/mol. The van der Waals surface area contributed by atoms with Gasteiger partial charge in [0, 0.05) is 38.5 Å². The number of amides is 1. The highest BCUT2D eigenvalue weighted by atomic mass is 35.5. The lowest BCUT2D eigenvalue weighted by atomic mass is 9.88. The predicted octanol–water partition coefficient (Wildman–Crippen LogP) is 6.66. The van der Waals surface area contributed by atoms with E-state index >= 15 is 0 Å². The first-order valence-electron chi connectivity index (χ1n) is 13.0. The summed E-state index contributed by atoms with van der Waals surface area (Å²) < 4.78 is 11.9. The predicted molar refractivity (Wildman–Crippen MR) is 162 cm³/mol. The number of methoxy groups -OCH3 is 1. The van der Waals surface area contributed by atoms with E-state index in [1.165, 1.54) is 11.3 Å². The number of halogens is 2. The molecule has 0 radical (unpaired) electrons. The summed E-state index contributed by atoms with van der Waals surface area (Å²) in [4.78, 5) is 23.2. The lowest BCUT2D eigenvalue weighted by Gasteiger charge is -2.28. The minimum absolute atomic E-state index is 0. The molecule has 0 atom stereocenters. The zero-order valence-electron chi connectivity index (χ0n) is 21.9. The van der Waals surface area contributed by atoms with E-state index in [1.54, 1.807) is 7.11 Å². The molecule has 1 aromatic heterocycles. The van der Waals surface area contributed by atoms with E-state index < -0.39 is 0 Å². The van der Waals surface area contributed by atoms with Crippen LogP contribution in [0.25, 0.3) is 10.2 Å². The van der Waals surface area contributed by atoms with E-state index in [4.69, 9.17) is 26.1 Å². The number of rotatable bonds is 10. The number of benzene rings is 3. The molecule has 1 saturated heterocycles. The highest BCUT2D eigenvalue weighted by Gasteiger charge is 2.26. The molecule has 0 aliphatic carbocycles. The maximum absolute atomic E-state index is 14.1. The Morgan fingerprint density at radius 1 is 1.05 bits per heavy atom. The molecule has 0 unspecified atom stereocenters. The normalized spacial score (nSPS) is 13.8. The van der Waals surface area contributed by atoms with Crippen LogP contribution in [-0.2, 0) is 9.53 Å². The molecule has 6 nitrogen and oxygen atoms in total. The molecule has 0 saturated carbocycles. The number of carbonyl (C=O) groups is 1. The van der Waals surface area contributed by atoms with E-state index in [-0.39, 0.29) is 24.2 Å². The lowest BCUT2D eigenvalue weighted by molar-refractivity contribution is -0.118. The molecule has 9 heteroatoms. The van der Waals surface area contributed by atoms with Crippen molar-refractivity contribution in [3.8, 4) is 5.75 Å². The van der Waals surface area contributed by atoms with Crippen LogP contribution < -0.4 is 9.64 Å². The quantitative estimate of drug-likeness (QED) is 0.208. The number of hydrogen-bond acceptors (Lipinski definition) is 6. The van der Waals surface area contributed by atoms with Crippen LogP contribution in [0, 0.1) is 0 Å². The molecule has 0 bridgehead atoms. The molecule has 1 fully saturated rings. The standard InChI is InChI=1S/C30H32ClN3O3S.ClH/c1-36-26-14-13-25(31)29-28(26)32-30(38-29)34(16-8-15-33-17-19-37-20-18-33)27(35)21-24(22-9-4-2-5-10-22)23-11-6-3-7-12-23;/h2-7,9-14,24H,8,15-21H2,1H3;1H. The number of thiazole rings is 1. The molecule has 1 aliphatic heterocycles. The number of fused-ring (bicyclic) bond motifs is 1. The molecule has 2 heterocycles. The Labute approximate surface area is 244 Å². The summed E-state index contributed by atoms with van der Waals surface area (Å²) in [6.45, 7) is 4.84. The summed E-state index contributed by atoms with van der Waals surface area (Å²) in [6, 6.07) is 24.1. The second kappa shape index (κ2) is 14.1. The van der Waals surface area contributed by atoms with Crippen molar-refractivity contribution in [2.75, 3.05) is 51.4 Å². The van der Waals surface area contributed by atoms with Crippen LogP contribution in [0.5, 0.6) is 5.75 Å². The van der Waals surface area contributed by atoms with Gasteiger partial charge in [0.05, 0.1) is 30.0 Å². The van der Waals surface area contributed by atoms with Gasteiger partial charge in [-0.3, -0.25) is 14.6 Å². The topological polar surface area (TPSA) is 54.9 Å². The Hall–Kier alpha value is -2.68. The van der Waals surface area contributed by atoms with E-state index in [2.05, 4.69) is 29.2 Å². The minimum Gasteiger partial charge on any atom is -0.494 e. The largest absolute Gasteiger partial charge is 0.494 e. The van der Waals surface area contributed by atoms with Crippen molar-refractivity contribution in [3.63, 3.8) is 0 Å². The first kappa shape index (κ1) is 29.3. The third-order valence-electron chi connectivity index (χ3n) is 6.94. The number of hydrogen-bond donors (Lipinski definition) is 0. The van der Waals surface area contributed by atoms with Crippen molar-refractivity contribution in [2.45, 2.75) is 18.8 Å². The average Bonchev–Trinajstić information content (AvgIpc) is 3.42. The molecule has 3 aromatic carbocycles. The SMILES string of the molecule is COc1ccc(Cl)c2sc(N(CCCN3CCOCC3)C(=O)CC(c3ccccc3)c3ccccc3)nc12.Cl. The van der Waals surface area contributed by atoms with Crippen LogP contribution in [-0.4, -0.2) is 62.3 Å². The van der Waals surface area contributed by atoms with Gasteiger partial charge in [0.2, 0.25) is 5.91 Å². The van der Waals surface area contributed by atoms with Gasteiger partial charge in [-0.05, 0) is 29.7 Å². The smallest absolute Gasteiger partial charge is 0.229 e. The third kappa shape index (κ3) is 7.10. The number of anilines is 1. The lowest BCUT2D eigenvalue weighted by Crippen LogP contribution is -2.39. The van der Waals surface area contributed by atoms with Crippen LogP contribution in [0.15, 0.2) is 72.8 Å². The summed E-state index contributed by atoms with van der Waals surface area (Å²) in [5.41, 5.74) is 2.93. The van der Waals surface area contributed by atoms with Crippen LogP contribution in [0.4, 0.5) is 5.13 Å². The molecular weight excluding hydrogens is 553 g/mol. The van der Waals surface area contributed by atoms with E-state index in [0.717, 1.165) is 55.1 Å². The summed E-state index contributed by atoms with van der Waals surface area (Å²) in [5, 5.41) is 1.26. The fourth-order valence-corrected chi connectivity index (χ4v) is 6.21. The zero-order chi connectivity index (χ0) is 26.3. The highest BCUT2D eigenvalue weighted by Crippen LogP contribution is 2.39. The van der Waals surface area contributed by atoms with E-state index in [1.807, 2.05) is 53.4 Å². The molecule has 0 spiro atoms. The van der Waals surface area contributed by atoms with E-state index in [9.17, 15) is 4.79 Å². The molecule has 39 heavy (non-hydrogen) atoms. The van der Waals surface area contributed by atoms with Crippen molar-refractivity contribution in [1.82, 2.24) is 9.88 Å². The Bertz CT molecular complexity index is 1310. The minimum atomic E-state index is -0.0563. The van der Waals surface area contributed by atoms with Gasteiger partial charge in [-0.25, -0.2) is 4.98 Å². The third-order valence-corrected chi connectivity index (χ3v) is 8.48. The number of carbonyl (C=O) groups excluding carboxylic acids is 1. The van der Waals surface area contributed by atoms with Gasteiger partial charge in [-0.2, -0.15) is 0 Å². The Kier molecular flexibility index (Phi) is 10.6. The van der Waals surface area contributed by atoms with Crippen molar-refractivity contribution in [3.05, 3.63) is 88.9 Å². The molecular formula is C30H33Cl2N3O3S. The second-order valence-electron chi connectivity index (χ2n) is 9.35. The number of ether oxygens (including phenoxy) is 2. The first-order valence-corrected chi connectivity index (χ1v) is 14.2. The van der Waals surface area contributed by atoms with Crippen LogP contribution in [0.3, 0.4) is 0 Å². The van der Waals surface area contributed by atoms with Crippen LogP contribution in [0.2, 0.25) is 5.02 Å². The highest BCUT2D eigenvalue weighted by molar-refractivity contribution is 7.23. The molecule has 206 valence electrons. The fourth-order valence-electron chi connectivity index (χ4n) is 4.91. The molecule has 0 N–H and O–H groups in total. The van der Waals surface area contributed by atoms with Crippen LogP contribution in [0.1, 0.15) is 29.9 Å². The van der Waals surface area contributed by atoms with Gasteiger partial charge in [0.15, 0.2) is 5.13 Å². The molecule has 4 aromatic rings. The van der Waals surface area contributed by atoms with Crippen molar-refractivity contribution >= 4 is 56.6 Å². The maximum Gasteiger partial charge on any atom is 0.229 e. The maximum atomic E-state index is 14.1. The molecule has 1 aliphatic rings. The first-order chi connectivity index (χ1) is 18.6. The number of aromatic nitrogens is 1. The van der Waals surface area contributed by atoms with Crippen LogP contribution >= 0.6 is 35.3 Å². The fraction of sp³-hybridized carbons (Fsp3) is 0.333. The van der Waals surface area contributed by atoms with Crippen molar-refractivity contribution in [1.29, 1.82) is 0 Å². The van der Waals surface area contributed by atoms with Crippen molar-refractivity contribution in [2.24, 2.45) is 0 Å². The number of nitrogens with zero attached hydrogens (tertiary/aromatic N) is 3. The Morgan fingerprint density at radius 2 is 1.69 bits per heavy atom. The Balaban J connectivity index is 0.00000353. The van der Waals surface area contributed by atoms with Gasteiger partial charge >= 0.3 is 0 Å². The summed E-state index contributed by atoms with van der Waals surface area (Å²) in [6.07, 6.45) is 1.18. The van der Waals surface area contributed by atoms with Gasteiger partial charge in [0.1, 0.15) is 11.3 Å². The van der Waals surface area contributed by atoms with Gasteiger partial charge in [-0.1, -0.05) is 83.6 Å². The molecule has 1 amide bonds. The van der Waals surface area contributed by atoms with Gasteiger partial charge in [0.25, 0.3) is 0 Å². The second-order valence-corrected chi connectivity index (χ2v) is 10.7. The van der Waals surface area contributed by atoms with Gasteiger partial charge in [-0.15, -0.1) is 12.4 Å². The average molecular weight is 587 g/mol. The summed E-state index contributed by atoms with van der Waals surface area (Å²) >= 11 is 7.97. The molecule has 5 rings (SSSR count). The van der Waals surface area contributed by atoms with Crippen molar-refractivity contribution < 1.29 is 14.3 Å².